The Morgan fingerprint density at radius 1 is 1.39 bits per heavy atom. The van der Waals surface area contributed by atoms with Crippen molar-refractivity contribution in [2.24, 2.45) is 0 Å². The summed E-state index contributed by atoms with van der Waals surface area (Å²) in [6.07, 6.45) is -1.61. The summed E-state index contributed by atoms with van der Waals surface area (Å²) < 4.78 is 10.4. The maximum Gasteiger partial charge on any atom is 0.503 e. The van der Waals surface area contributed by atoms with Gasteiger partial charge in [-0.2, -0.15) is 5.06 Å². The van der Waals surface area contributed by atoms with Crippen molar-refractivity contribution < 1.29 is 39.3 Å². The Bertz CT molecular complexity index is 333. The quantitative estimate of drug-likeness (QED) is 0.463. The van der Waals surface area contributed by atoms with Crippen LogP contribution in [0.25, 0.3) is 0 Å². The minimum absolute atomic E-state index is 0.102. The lowest BCUT2D eigenvalue weighted by molar-refractivity contribution is -0.183. The first kappa shape index (κ1) is 14.4. The Morgan fingerprint density at radius 3 is 2.39 bits per heavy atom. The molecule has 0 aliphatic carbocycles. The van der Waals surface area contributed by atoms with Crippen LogP contribution in [-0.2, 0) is 19.1 Å². The molecule has 0 bridgehead atoms. The van der Waals surface area contributed by atoms with Crippen LogP contribution in [0.15, 0.2) is 0 Å². The molecule has 1 unspecified atom stereocenters. The van der Waals surface area contributed by atoms with E-state index in [9.17, 15) is 9.59 Å². The van der Waals surface area contributed by atoms with Gasteiger partial charge in [-0.25, -0.2) is 4.79 Å². The number of carbonyl (C=O) groups is 3. The van der Waals surface area contributed by atoms with Gasteiger partial charge >= 0.3 is 6.16 Å². The SMILES string of the molecule is O=C(O)O.O=C1C[C@H](OC2CCCO2)C(=O)N1O. The molecule has 0 saturated carbocycles. The van der Waals surface area contributed by atoms with Crippen LogP contribution in [0.2, 0.25) is 0 Å². The van der Waals surface area contributed by atoms with Gasteiger partial charge in [-0.05, 0) is 6.42 Å². The second-order valence-electron chi connectivity index (χ2n) is 3.60. The van der Waals surface area contributed by atoms with E-state index in [0.717, 1.165) is 12.8 Å². The fourth-order valence-corrected chi connectivity index (χ4v) is 1.54. The molecule has 9 heteroatoms. The molecule has 0 aromatic heterocycles. The highest BCUT2D eigenvalue weighted by atomic mass is 16.7. The summed E-state index contributed by atoms with van der Waals surface area (Å²) in [5.74, 6) is -1.33. The van der Waals surface area contributed by atoms with Crippen LogP contribution in [0, 0.1) is 0 Å². The molecule has 0 radical (unpaired) electrons. The molecule has 2 atom stereocenters. The first-order valence-corrected chi connectivity index (χ1v) is 5.16. The first-order valence-electron chi connectivity index (χ1n) is 5.16. The van der Waals surface area contributed by atoms with Crippen LogP contribution in [0.3, 0.4) is 0 Å². The molecule has 102 valence electrons. The Labute approximate surface area is 101 Å². The molecule has 0 spiro atoms. The molecule has 9 nitrogen and oxygen atoms in total. The van der Waals surface area contributed by atoms with Gasteiger partial charge in [-0.1, -0.05) is 0 Å². The Morgan fingerprint density at radius 2 is 2.00 bits per heavy atom. The average Bonchev–Trinajstić information content (AvgIpc) is 2.84. The lowest BCUT2D eigenvalue weighted by Crippen LogP contribution is -2.31. The first-order chi connectivity index (χ1) is 8.41. The van der Waals surface area contributed by atoms with Crippen LogP contribution >= 0.6 is 0 Å². The Kier molecular flexibility index (Phi) is 5.01. The minimum Gasteiger partial charge on any atom is -0.450 e. The van der Waals surface area contributed by atoms with E-state index >= 15 is 0 Å². The zero-order valence-electron chi connectivity index (χ0n) is 9.31. The van der Waals surface area contributed by atoms with Gasteiger partial charge in [-0.3, -0.25) is 14.8 Å². The molecule has 2 heterocycles. The van der Waals surface area contributed by atoms with Gasteiger partial charge in [0.2, 0.25) is 0 Å². The highest BCUT2D eigenvalue weighted by Crippen LogP contribution is 2.21. The Balaban J connectivity index is 0.000000357. The number of hydrogen-bond donors (Lipinski definition) is 3. The molecule has 2 fully saturated rings. The van der Waals surface area contributed by atoms with Gasteiger partial charge in [0.15, 0.2) is 12.4 Å². The van der Waals surface area contributed by atoms with Crippen LogP contribution in [0.5, 0.6) is 0 Å². The van der Waals surface area contributed by atoms with E-state index in [1.165, 1.54) is 0 Å². The fourth-order valence-electron chi connectivity index (χ4n) is 1.54. The van der Waals surface area contributed by atoms with E-state index in [0.29, 0.717) is 6.61 Å². The molecule has 2 rings (SSSR count). The predicted molar refractivity (Wildman–Crippen MR) is 52.8 cm³/mol. The lowest BCUT2D eigenvalue weighted by Gasteiger charge is -2.14. The molecular formula is C9H13NO8. The number of amides is 2. The second kappa shape index (κ2) is 6.28. The summed E-state index contributed by atoms with van der Waals surface area (Å²) in [7, 11) is 0. The minimum atomic E-state index is -1.83. The summed E-state index contributed by atoms with van der Waals surface area (Å²) in [5.41, 5.74) is 0. The third kappa shape index (κ3) is 3.95. The van der Waals surface area contributed by atoms with Gasteiger partial charge < -0.3 is 19.7 Å². The van der Waals surface area contributed by atoms with Crippen LogP contribution in [-0.4, -0.2) is 57.5 Å². The summed E-state index contributed by atoms with van der Waals surface area (Å²) >= 11 is 0. The maximum absolute atomic E-state index is 11.2. The molecule has 0 aromatic carbocycles. The van der Waals surface area contributed by atoms with Crippen LogP contribution < -0.4 is 0 Å². The van der Waals surface area contributed by atoms with E-state index < -0.39 is 30.4 Å². The van der Waals surface area contributed by atoms with Gasteiger partial charge in [0.05, 0.1) is 6.42 Å². The van der Waals surface area contributed by atoms with Crippen molar-refractivity contribution in [3.05, 3.63) is 0 Å². The normalized spacial score (nSPS) is 27.1. The topological polar surface area (TPSA) is 134 Å². The third-order valence-electron chi connectivity index (χ3n) is 2.28. The average molecular weight is 263 g/mol. The van der Waals surface area contributed by atoms with E-state index in [-0.39, 0.29) is 11.5 Å². The van der Waals surface area contributed by atoms with Crippen molar-refractivity contribution in [3.8, 4) is 0 Å². The van der Waals surface area contributed by atoms with Gasteiger partial charge in [0.1, 0.15) is 0 Å². The van der Waals surface area contributed by atoms with Gasteiger partial charge in [0.25, 0.3) is 11.8 Å². The van der Waals surface area contributed by atoms with Gasteiger partial charge in [-0.15, -0.1) is 0 Å². The number of hydrogen-bond acceptors (Lipinski definition) is 6. The number of carbonyl (C=O) groups excluding carboxylic acids is 2. The van der Waals surface area contributed by atoms with Crippen molar-refractivity contribution in [2.75, 3.05) is 6.61 Å². The van der Waals surface area contributed by atoms with Crippen LogP contribution in [0.1, 0.15) is 19.3 Å². The fraction of sp³-hybridized carbons (Fsp3) is 0.667. The molecule has 2 amide bonds. The smallest absolute Gasteiger partial charge is 0.450 e. The number of ether oxygens (including phenoxy) is 2. The standard InChI is InChI=1S/C8H11NO5.CH2O3/c10-6-4-5(8(11)9(6)12)14-7-2-1-3-13-7;2-1(3)4/h5,7,12H,1-4H2;(H2,2,3,4)/t5-,7?;/m0./s1. The molecule has 0 aromatic rings. The number of imide groups is 1. The molecule has 2 aliphatic heterocycles. The van der Waals surface area contributed by atoms with Crippen molar-refractivity contribution in [3.63, 3.8) is 0 Å². The van der Waals surface area contributed by atoms with E-state index in [4.69, 9.17) is 29.7 Å². The predicted octanol–water partition coefficient (Wildman–Crippen LogP) is -0.121. The molecule has 2 aliphatic rings. The van der Waals surface area contributed by atoms with E-state index in [1.807, 2.05) is 0 Å². The van der Waals surface area contributed by atoms with Crippen molar-refractivity contribution in [1.29, 1.82) is 0 Å². The monoisotopic (exact) mass is 263 g/mol. The largest absolute Gasteiger partial charge is 0.503 e. The van der Waals surface area contributed by atoms with E-state index in [1.54, 1.807) is 0 Å². The highest BCUT2D eigenvalue weighted by molar-refractivity contribution is 6.03. The second-order valence-corrected chi connectivity index (χ2v) is 3.60. The highest BCUT2D eigenvalue weighted by Gasteiger charge is 2.40. The molecular weight excluding hydrogens is 250 g/mol. The van der Waals surface area contributed by atoms with Crippen molar-refractivity contribution in [2.45, 2.75) is 31.7 Å². The number of hydroxylamine groups is 2. The van der Waals surface area contributed by atoms with E-state index in [2.05, 4.69) is 0 Å². The summed E-state index contributed by atoms with van der Waals surface area (Å²) in [6.45, 7) is 0.613. The van der Waals surface area contributed by atoms with Gasteiger partial charge in [0, 0.05) is 13.0 Å². The lowest BCUT2D eigenvalue weighted by atomic mass is 10.3. The Hall–Kier alpha value is -1.71. The third-order valence-corrected chi connectivity index (χ3v) is 2.28. The molecule has 2 saturated heterocycles. The zero-order chi connectivity index (χ0) is 13.7. The summed E-state index contributed by atoms with van der Waals surface area (Å²) in [5, 5.41) is 23.0. The molecule has 18 heavy (non-hydrogen) atoms. The molecule has 3 N–H and O–H groups in total. The number of nitrogens with zero attached hydrogens (tertiary/aromatic N) is 1. The number of rotatable bonds is 2. The zero-order valence-corrected chi connectivity index (χ0v) is 9.31. The summed E-state index contributed by atoms with van der Waals surface area (Å²) in [4.78, 5) is 30.6. The number of carboxylic acid groups (broad SMARTS) is 2. The van der Waals surface area contributed by atoms with Crippen molar-refractivity contribution >= 4 is 18.0 Å². The summed E-state index contributed by atoms with van der Waals surface area (Å²) in [6, 6.07) is 0. The van der Waals surface area contributed by atoms with Crippen LogP contribution in [0.4, 0.5) is 4.79 Å². The maximum atomic E-state index is 11.2. The van der Waals surface area contributed by atoms with Crippen molar-refractivity contribution in [1.82, 2.24) is 5.06 Å².